The van der Waals surface area contributed by atoms with E-state index in [1.807, 2.05) is 29.6 Å². The summed E-state index contributed by atoms with van der Waals surface area (Å²) in [7, 11) is 0. The Kier molecular flexibility index (Phi) is 4.94. The molecular formula is C20H13ClN4S2. The monoisotopic (exact) mass is 408 g/mol. The Hall–Kier alpha value is -2.67. The third-order valence-electron chi connectivity index (χ3n) is 3.87. The average molecular weight is 409 g/mol. The molecule has 0 bridgehead atoms. The summed E-state index contributed by atoms with van der Waals surface area (Å²) >= 11 is 9.64. The van der Waals surface area contributed by atoms with E-state index in [1.54, 1.807) is 35.9 Å². The Balaban J connectivity index is 1.93. The molecule has 0 fully saturated rings. The van der Waals surface area contributed by atoms with Gasteiger partial charge in [-0.3, -0.25) is 9.98 Å². The van der Waals surface area contributed by atoms with Gasteiger partial charge in [0.25, 0.3) is 0 Å². The van der Waals surface area contributed by atoms with E-state index >= 15 is 0 Å². The van der Waals surface area contributed by atoms with E-state index in [9.17, 15) is 0 Å². The van der Waals surface area contributed by atoms with Crippen molar-refractivity contribution < 1.29 is 0 Å². The minimum Gasteiger partial charge on any atom is -0.264 e. The van der Waals surface area contributed by atoms with E-state index in [0.29, 0.717) is 10.9 Å². The minimum absolute atomic E-state index is 0.428. The van der Waals surface area contributed by atoms with Gasteiger partial charge in [0, 0.05) is 28.0 Å². The van der Waals surface area contributed by atoms with Crippen LogP contribution in [-0.2, 0) is 0 Å². The van der Waals surface area contributed by atoms with E-state index in [4.69, 9.17) is 16.6 Å². The molecule has 132 valence electrons. The molecule has 0 spiro atoms. The molecule has 4 nitrogen and oxygen atoms in total. The first-order valence-corrected chi connectivity index (χ1v) is 10.0. The average Bonchev–Trinajstić information content (AvgIpc) is 3.32. The molecule has 4 aromatic heterocycles. The smallest absolute Gasteiger partial charge is 0.150 e. The molecule has 0 saturated carbocycles. The third-order valence-corrected chi connectivity index (χ3v) is 6.23. The second-order valence-electron chi connectivity index (χ2n) is 5.51. The molecule has 4 rings (SSSR count). The zero-order valence-electron chi connectivity index (χ0n) is 14.1. The van der Waals surface area contributed by atoms with Crippen LogP contribution >= 0.6 is 34.3 Å². The zero-order valence-corrected chi connectivity index (χ0v) is 16.5. The van der Waals surface area contributed by atoms with Crippen LogP contribution in [0.3, 0.4) is 0 Å². The Labute approximate surface area is 169 Å². The maximum absolute atomic E-state index is 6.50. The van der Waals surface area contributed by atoms with E-state index in [1.165, 1.54) is 11.3 Å². The molecule has 0 aliphatic heterocycles. The molecule has 0 amide bonds. The topological polar surface area (TPSA) is 51.0 Å². The second kappa shape index (κ2) is 7.52. The standard InChI is InChI=1S/C20H13ClN4S2/c1-3-5-14(22-2)15-10-16-13(7-9-26-16)17(24-15)18-19(21)25-20(27-18)12-6-4-8-23-11-12/h3-11H,1-2H2/b14-5-. The predicted molar refractivity (Wildman–Crippen MR) is 117 cm³/mol. The number of nitrogens with zero attached hydrogens (tertiary/aromatic N) is 4. The Morgan fingerprint density at radius 1 is 1.26 bits per heavy atom. The van der Waals surface area contributed by atoms with Gasteiger partial charge in [-0.15, -0.1) is 22.7 Å². The lowest BCUT2D eigenvalue weighted by Crippen LogP contribution is -1.91. The van der Waals surface area contributed by atoms with Crippen LogP contribution in [0.5, 0.6) is 0 Å². The van der Waals surface area contributed by atoms with Crippen LogP contribution in [0.15, 0.2) is 65.8 Å². The molecular weight excluding hydrogens is 396 g/mol. The van der Waals surface area contributed by atoms with Crippen LogP contribution in [0.25, 0.3) is 36.9 Å². The first-order valence-electron chi connectivity index (χ1n) is 7.96. The largest absolute Gasteiger partial charge is 0.264 e. The lowest BCUT2D eigenvalue weighted by Gasteiger charge is -2.06. The van der Waals surface area contributed by atoms with Crippen molar-refractivity contribution in [2.45, 2.75) is 0 Å². The SMILES string of the molecule is C=C/C=C(\N=C)c1cc2sccc2c(-c2sc(-c3cccnc3)nc2Cl)n1. The summed E-state index contributed by atoms with van der Waals surface area (Å²) in [5, 5.41) is 4.31. The fraction of sp³-hybridized carbons (Fsp3) is 0. The first kappa shape index (κ1) is 17.7. The van der Waals surface area contributed by atoms with Gasteiger partial charge in [-0.2, -0.15) is 0 Å². The van der Waals surface area contributed by atoms with Gasteiger partial charge in [0.15, 0.2) is 0 Å². The third kappa shape index (κ3) is 3.35. The van der Waals surface area contributed by atoms with Gasteiger partial charge < -0.3 is 0 Å². The number of hydrogen-bond acceptors (Lipinski definition) is 6. The molecule has 0 aliphatic carbocycles. The highest BCUT2D eigenvalue weighted by molar-refractivity contribution is 7.19. The highest BCUT2D eigenvalue weighted by Gasteiger charge is 2.18. The molecule has 0 radical (unpaired) electrons. The van der Waals surface area contributed by atoms with E-state index < -0.39 is 0 Å². The number of thiophene rings is 1. The molecule has 0 atom stereocenters. The van der Waals surface area contributed by atoms with Crippen LogP contribution < -0.4 is 0 Å². The Morgan fingerprint density at radius 3 is 2.89 bits per heavy atom. The number of fused-ring (bicyclic) bond motifs is 1. The van der Waals surface area contributed by atoms with Crippen molar-refractivity contribution in [3.05, 3.63) is 71.6 Å². The van der Waals surface area contributed by atoms with Crippen molar-refractivity contribution in [2.75, 3.05) is 0 Å². The summed E-state index contributed by atoms with van der Waals surface area (Å²) in [5.74, 6) is 0. The molecule has 4 heterocycles. The number of aromatic nitrogens is 3. The zero-order chi connectivity index (χ0) is 18.8. The fourth-order valence-corrected chi connectivity index (χ4v) is 4.77. The molecule has 0 N–H and O–H groups in total. The summed E-state index contributed by atoms with van der Waals surface area (Å²) in [6.07, 6.45) is 6.96. The summed E-state index contributed by atoms with van der Waals surface area (Å²) in [4.78, 5) is 18.4. The Bertz CT molecular complexity index is 1180. The number of hydrogen-bond donors (Lipinski definition) is 0. The predicted octanol–water partition coefficient (Wildman–Crippen LogP) is 6.36. The van der Waals surface area contributed by atoms with Gasteiger partial charge in [0.1, 0.15) is 10.2 Å². The van der Waals surface area contributed by atoms with Crippen molar-refractivity contribution in [1.29, 1.82) is 0 Å². The van der Waals surface area contributed by atoms with E-state index in [0.717, 1.165) is 36.9 Å². The molecule has 4 aromatic rings. The summed E-state index contributed by atoms with van der Waals surface area (Å²) in [6, 6.07) is 7.89. The van der Waals surface area contributed by atoms with Crippen molar-refractivity contribution in [3.8, 4) is 21.1 Å². The van der Waals surface area contributed by atoms with Gasteiger partial charge in [-0.1, -0.05) is 24.3 Å². The molecule has 0 aliphatic rings. The van der Waals surface area contributed by atoms with Crippen LogP contribution in [0, 0.1) is 0 Å². The number of halogens is 1. The van der Waals surface area contributed by atoms with Crippen LogP contribution in [0.4, 0.5) is 0 Å². The van der Waals surface area contributed by atoms with Crippen LogP contribution in [0.1, 0.15) is 5.69 Å². The van der Waals surface area contributed by atoms with Crippen molar-refractivity contribution in [1.82, 2.24) is 15.0 Å². The van der Waals surface area contributed by atoms with Crippen LogP contribution in [0.2, 0.25) is 5.15 Å². The van der Waals surface area contributed by atoms with Crippen LogP contribution in [-0.4, -0.2) is 21.7 Å². The lowest BCUT2D eigenvalue weighted by atomic mass is 10.1. The number of pyridine rings is 2. The van der Waals surface area contributed by atoms with Gasteiger partial charge in [0.2, 0.25) is 0 Å². The molecule has 27 heavy (non-hydrogen) atoms. The number of aliphatic imine (C=N–C) groups is 1. The van der Waals surface area contributed by atoms with Gasteiger partial charge in [-0.05, 0) is 42.4 Å². The first-order chi connectivity index (χ1) is 13.2. The quantitative estimate of drug-likeness (QED) is 0.285. The molecule has 0 unspecified atom stereocenters. The molecule has 0 saturated heterocycles. The maximum Gasteiger partial charge on any atom is 0.150 e. The van der Waals surface area contributed by atoms with Gasteiger partial charge in [0.05, 0.1) is 22.0 Å². The van der Waals surface area contributed by atoms with Crippen molar-refractivity contribution in [3.63, 3.8) is 0 Å². The second-order valence-corrected chi connectivity index (χ2v) is 7.82. The Morgan fingerprint density at radius 2 is 2.15 bits per heavy atom. The fourth-order valence-electron chi connectivity index (χ4n) is 2.66. The number of thiazole rings is 1. The minimum atomic E-state index is 0.428. The highest BCUT2D eigenvalue weighted by atomic mass is 35.5. The summed E-state index contributed by atoms with van der Waals surface area (Å²) < 4.78 is 1.10. The highest BCUT2D eigenvalue weighted by Crippen LogP contribution is 2.41. The number of allylic oxidation sites excluding steroid dienone is 2. The van der Waals surface area contributed by atoms with E-state index in [-0.39, 0.29) is 0 Å². The summed E-state index contributed by atoms with van der Waals surface area (Å²) in [6.45, 7) is 7.38. The molecule has 7 heteroatoms. The normalized spacial score (nSPS) is 11.7. The van der Waals surface area contributed by atoms with E-state index in [2.05, 4.69) is 28.3 Å². The van der Waals surface area contributed by atoms with Gasteiger partial charge in [-0.25, -0.2) is 9.97 Å². The summed E-state index contributed by atoms with van der Waals surface area (Å²) in [5.41, 5.74) is 3.10. The van der Waals surface area contributed by atoms with Gasteiger partial charge >= 0.3 is 0 Å². The van der Waals surface area contributed by atoms with Crippen molar-refractivity contribution in [2.24, 2.45) is 4.99 Å². The molecule has 0 aromatic carbocycles. The lowest BCUT2D eigenvalue weighted by molar-refractivity contribution is 1.29. The van der Waals surface area contributed by atoms with Crippen molar-refractivity contribution >= 4 is 56.8 Å². The maximum atomic E-state index is 6.50. The number of rotatable bonds is 5.